The van der Waals surface area contributed by atoms with E-state index in [0.29, 0.717) is 25.6 Å². The van der Waals surface area contributed by atoms with Crippen LogP contribution in [0.2, 0.25) is 0 Å². The summed E-state index contributed by atoms with van der Waals surface area (Å²) in [6.07, 6.45) is 2.06. The zero-order chi connectivity index (χ0) is 14.5. The maximum absolute atomic E-state index is 12.5. The van der Waals surface area contributed by atoms with Crippen molar-refractivity contribution >= 4 is 16.2 Å². The Labute approximate surface area is 115 Å². The number of methoxy groups -OCH3 is 1. The van der Waals surface area contributed by atoms with Crippen LogP contribution in [0, 0.1) is 5.92 Å². The summed E-state index contributed by atoms with van der Waals surface area (Å²) in [6, 6.07) is 0. The predicted octanol–water partition coefficient (Wildman–Crippen LogP) is 0.848. The van der Waals surface area contributed by atoms with Crippen LogP contribution in [0.1, 0.15) is 33.1 Å². The second-order valence-corrected chi connectivity index (χ2v) is 6.86. The number of rotatable bonds is 6. The van der Waals surface area contributed by atoms with Crippen LogP contribution >= 0.6 is 0 Å². The molecular formula is C12H24N2O4S. The zero-order valence-electron chi connectivity index (χ0n) is 12.0. The summed E-state index contributed by atoms with van der Waals surface area (Å²) in [6.45, 7) is 5.52. The van der Waals surface area contributed by atoms with Crippen LogP contribution < -0.4 is 0 Å². The second-order valence-electron chi connectivity index (χ2n) is 4.93. The van der Waals surface area contributed by atoms with Crippen molar-refractivity contribution in [2.24, 2.45) is 5.92 Å². The molecule has 19 heavy (non-hydrogen) atoms. The van der Waals surface area contributed by atoms with Crippen LogP contribution in [0.5, 0.6) is 0 Å². The highest BCUT2D eigenvalue weighted by atomic mass is 32.2. The lowest BCUT2D eigenvalue weighted by Gasteiger charge is -2.34. The van der Waals surface area contributed by atoms with Crippen LogP contribution in [0.15, 0.2) is 0 Å². The van der Waals surface area contributed by atoms with Gasteiger partial charge in [-0.2, -0.15) is 17.0 Å². The molecule has 0 amide bonds. The fraction of sp³-hybridized carbons (Fsp3) is 0.917. The highest BCUT2D eigenvalue weighted by molar-refractivity contribution is 7.86. The molecule has 0 bridgehead atoms. The Kier molecular flexibility index (Phi) is 6.22. The summed E-state index contributed by atoms with van der Waals surface area (Å²) in [7, 11) is -2.15. The number of nitrogens with zero attached hydrogens (tertiary/aromatic N) is 2. The summed E-state index contributed by atoms with van der Waals surface area (Å²) in [4.78, 5) is 11.1. The monoisotopic (exact) mass is 292 g/mol. The van der Waals surface area contributed by atoms with Gasteiger partial charge in [0.15, 0.2) is 0 Å². The molecule has 0 aromatic carbocycles. The SMILES string of the molecule is CCN(CCC(=O)OC)S(=O)(=O)N1CCCC(C)C1. The largest absolute Gasteiger partial charge is 0.469 e. The molecule has 112 valence electrons. The Morgan fingerprint density at radius 2 is 2.16 bits per heavy atom. The molecule has 7 heteroatoms. The Balaban J connectivity index is 2.69. The van der Waals surface area contributed by atoms with E-state index in [4.69, 9.17) is 0 Å². The van der Waals surface area contributed by atoms with E-state index in [9.17, 15) is 13.2 Å². The molecule has 0 saturated carbocycles. The Hall–Kier alpha value is -0.660. The van der Waals surface area contributed by atoms with Gasteiger partial charge in [-0.05, 0) is 18.8 Å². The van der Waals surface area contributed by atoms with Crippen LogP contribution in [-0.4, -0.2) is 56.3 Å². The van der Waals surface area contributed by atoms with E-state index in [-0.39, 0.29) is 18.9 Å². The van der Waals surface area contributed by atoms with Crippen LogP contribution in [0.4, 0.5) is 0 Å². The van der Waals surface area contributed by atoms with Crippen molar-refractivity contribution in [2.45, 2.75) is 33.1 Å². The molecule has 1 atom stereocenters. The molecule has 1 aliphatic heterocycles. The van der Waals surface area contributed by atoms with E-state index in [1.807, 2.05) is 0 Å². The lowest BCUT2D eigenvalue weighted by Crippen LogP contribution is -2.48. The van der Waals surface area contributed by atoms with Crippen molar-refractivity contribution in [3.05, 3.63) is 0 Å². The number of hydrogen-bond acceptors (Lipinski definition) is 4. The molecular weight excluding hydrogens is 268 g/mol. The average Bonchev–Trinajstić information content (AvgIpc) is 2.38. The predicted molar refractivity (Wildman–Crippen MR) is 72.8 cm³/mol. The summed E-state index contributed by atoms with van der Waals surface area (Å²) in [5.74, 6) is 0.00324. The number of piperidine rings is 1. The van der Waals surface area contributed by atoms with E-state index >= 15 is 0 Å². The van der Waals surface area contributed by atoms with E-state index in [1.165, 1.54) is 15.7 Å². The lowest BCUT2D eigenvalue weighted by molar-refractivity contribution is -0.140. The zero-order valence-corrected chi connectivity index (χ0v) is 12.8. The summed E-state index contributed by atoms with van der Waals surface area (Å²) < 4.78 is 32.4. The van der Waals surface area contributed by atoms with E-state index in [2.05, 4.69) is 11.7 Å². The van der Waals surface area contributed by atoms with Gasteiger partial charge >= 0.3 is 5.97 Å². The molecule has 0 radical (unpaired) electrons. The van der Waals surface area contributed by atoms with Crippen LogP contribution in [0.25, 0.3) is 0 Å². The third-order valence-corrected chi connectivity index (χ3v) is 5.50. The molecule has 6 nitrogen and oxygen atoms in total. The van der Waals surface area contributed by atoms with Crippen molar-refractivity contribution in [3.8, 4) is 0 Å². The molecule has 1 fully saturated rings. The molecule has 0 aromatic heterocycles. The van der Waals surface area contributed by atoms with Crippen molar-refractivity contribution < 1.29 is 17.9 Å². The van der Waals surface area contributed by atoms with Crippen LogP contribution in [-0.2, 0) is 19.7 Å². The standard InChI is InChI=1S/C12H24N2O4S/c1-4-13(9-7-12(15)18-3)19(16,17)14-8-5-6-11(2)10-14/h11H,4-10H2,1-3H3. The quantitative estimate of drug-likeness (QED) is 0.681. The van der Waals surface area contributed by atoms with Crippen molar-refractivity contribution in [1.82, 2.24) is 8.61 Å². The smallest absolute Gasteiger partial charge is 0.306 e. The minimum atomic E-state index is -3.45. The fourth-order valence-corrected chi connectivity index (χ4v) is 4.05. The maximum atomic E-state index is 12.5. The van der Waals surface area contributed by atoms with Crippen molar-refractivity contribution in [3.63, 3.8) is 0 Å². The maximum Gasteiger partial charge on any atom is 0.306 e. The molecule has 0 aromatic rings. The first-order valence-electron chi connectivity index (χ1n) is 6.73. The minimum absolute atomic E-state index is 0.0902. The third kappa shape index (κ3) is 4.43. The van der Waals surface area contributed by atoms with Gasteiger partial charge in [-0.1, -0.05) is 13.8 Å². The molecule has 0 spiro atoms. The second kappa shape index (κ2) is 7.21. The van der Waals surface area contributed by atoms with E-state index in [0.717, 1.165) is 12.8 Å². The third-order valence-electron chi connectivity index (χ3n) is 3.42. The molecule has 1 heterocycles. The number of esters is 1. The fourth-order valence-electron chi connectivity index (χ4n) is 2.27. The van der Waals surface area contributed by atoms with E-state index in [1.54, 1.807) is 6.92 Å². The molecule has 1 rings (SSSR count). The van der Waals surface area contributed by atoms with Gasteiger partial charge in [0.2, 0.25) is 0 Å². The van der Waals surface area contributed by atoms with Crippen LogP contribution in [0.3, 0.4) is 0 Å². The van der Waals surface area contributed by atoms with Gasteiger partial charge in [0.25, 0.3) is 10.2 Å². The molecule has 0 aliphatic carbocycles. The Morgan fingerprint density at radius 3 is 2.68 bits per heavy atom. The van der Waals surface area contributed by atoms with E-state index < -0.39 is 10.2 Å². The van der Waals surface area contributed by atoms with Gasteiger partial charge in [0.05, 0.1) is 13.5 Å². The molecule has 1 saturated heterocycles. The highest BCUT2D eigenvalue weighted by Gasteiger charge is 2.31. The van der Waals surface area contributed by atoms with Gasteiger partial charge in [0, 0.05) is 26.2 Å². The van der Waals surface area contributed by atoms with Gasteiger partial charge in [-0.15, -0.1) is 0 Å². The molecule has 0 N–H and O–H groups in total. The van der Waals surface area contributed by atoms with Gasteiger partial charge in [-0.25, -0.2) is 0 Å². The number of hydrogen-bond donors (Lipinski definition) is 0. The first-order valence-corrected chi connectivity index (χ1v) is 8.13. The number of carbonyl (C=O) groups excluding carboxylic acids is 1. The average molecular weight is 292 g/mol. The van der Waals surface area contributed by atoms with Crippen molar-refractivity contribution in [2.75, 3.05) is 33.3 Å². The Bertz CT molecular complexity index is 397. The summed E-state index contributed by atoms with van der Waals surface area (Å²) in [5, 5.41) is 0. The first-order chi connectivity index (χ1) is 8.91. The van der Waals surface area contributed by atoms with Gasteiger partial charge in [0.1, 0.15) is 0 Å². The van der Waals surface area contributed by atoms with Gasteiger partial charge < -0.3 is 4.74 Å². The topological polar surface area (TPSA) is 66.9 Å². The normalized spacial score (nSPS) is 21.6. The first kappa shape index (κ1) is 16.4. The number of carbonyl (C=O) groups is 1. The Morgan fingerprint density at radius 1 is 1.47 bits per heavy atom. The molecule has 1 unspecified atom stereocenters. The number of ether oxygens (including phenoxy) is 1. The van der Waals surface area contributed by atoms with Gasteiger partial charge in [-0.3, -0.25) is 4.79 Å². The summed E-state index contributed by atoms with van der Waals surface area (Å²) in [5.41, 5.74) is 0. The molecule has 1 aliphatic rings. The minimum Gasteiger partial charge on any atom is -0.469 e. The summed E-state index contributed by atoms with van der Waals surface area (Å²) >= 11 is 0. The van der Waals surface area contributed by atoms with Crippen molar-refractivity contribution in [1.29, 1.82) is 0 Å². The lowest BCUT2D eigenvalue weighted by atomic mass is 10.0. The highest BCUT2D eigenvalue weighted by Crippen LogP contribution is 2.20.